The molecular formula is C16H24ClIN4OS. The van der Waals surface area contributed by atoms with Gasteiger partial charge in [-0.1, -0.05) is 11.6 Å². The van der Waals surface area contributed by atoms with Crippen LogP contribution in [0.25, 0.3) is 0 Å². The molecule has 0 saturated heterocycles. The lowest BCUT2D eigenvalue weighted by Gasteiger charge is -2.12. The number of nitrogens with one attached hydrogen (secondary N) is 3. The molecule has 0 bridgehead atoms. The predicted octanol–water partition coefficient (Wildman–Crippen LogP) is 2.74. The van der Waals surface area contributed by atoms with E-state index in [9.17, 15) is 4.79 Å². The van der Waals surface area contributed by atoms with Crippen molar-refractivity contribution < 1.29 is 4.79 Å². The van der Waals surface area contributed by atoms with E-state index in [4.69, 9.17) is 11.6 Å². The number of rotatable bonds is 8. The number of aliphatic imine (C=N–C) groups is 1. The van der Waals surface area contributed by atoms with Crippen molar-refractivity contribution in [2.24, 2.45) is 10.9 Å². The van der Waals surface area contributed by atoms with Crippen molar-refractivity contribution in [3.05, 3.63) is 29.3 Å². The molecule has 0 aliphatic heterocycles. The normalized spacial score (nSPS) is 13.8. The van der Waals surface area contributed by atoms with Gasteiger partial charge in [-0.25, -0.2) is 0 Å². The highest BCUT2D eigenvalue weighted by Crippen LogP contribution is 2.28. The zero-order valence-corrected chi connectivity index (χ0v) is 17.6. The topological polar surface area (TPSA) is 65.5 Å². The van der Waals surface area contributed by atoms with Gasteiger partial charge in [-0.05, 0) is 37.1 Å². The molecule has 0 unspecified atom stereocenters. The van der Waals surface area contributed by atoms with Crippen LogP contribution in [0.1, 0.15) is 12.8 Å². The minimum absolute atomic E-state index is 0. The number of amides is 1. The van der Waals surface area contributed by atoms with Gasteiger partial charge in [0.1, 0.15) is 0 Å². The van der Waals surface area contributed by atoms with Crippen molar-refractivity contribution in [1.29, 1.82) is 0 Å². The van der Waals surface area contributed by atoms with Gasteiger partial charge >= 0.3 is 0 Å². The summed E-state index contributed by atoms with van der Waals surface area (Å²) in [4.78, 5) is 16.8. The highest BCUT2D eigenvalue weighted by molar-refractivity contribution is 14.0. The van der Waals surface area contributed by atoms with Gasteiger partial charge in [0, 0.05) is 48.3 Å². The van der Waals surface area contributed by atoms with Crippen LogP contribution in [-0.4, -0.2) is 44.3 Å². The molecule has 24 heavy (non-hydrogen) atoms. The average Bonchev–Trinajstić information content (AvgIpc) is 3.39. The molecule has 0 heterocycles. The number of guanidine groups is 1. The lowest BCUT2D eigenvalue weighted by Crippen LogP contribution is -2.42. The van der Waals surface area contributed by atoms with Crippen LogP contribution in [0.5, 0.6) is 0 Å². The van der Waals surface area contributed by atoms with Crippen molar-refractivity contribution >= 4 is 59.2 Å². The van der Waals surface area contributed by atoms with E-state index < -0.39 is 0 Å². The largest absolute Gasteiger partial charge is 0.356 e. The molecule has 134 valence electrons. The first-order valence-electron chi connectivity index (χ1n) is 7.79. The van der Waals surface area contributed by atoms with Gasteiger partial charge in [-0.15, -0.1) is 35.7 Å². The van der Waals surface area contributed by atoms with Crippen LogP contribution in [0.3, 0.4) is 0 Å². The Morgan fingerprint density at radius 2 is 1.79 bits per heavy atom. The van der Waals surface area contributed by atoms with Gasteiger partial charge < -0.3 is 16.0 Å². The summed E-state index contributed by atoms with van der Waals surface area (Å²) in [6.07, 6.45) is 2.07. The van der Waals surface area contributed by atoms with Crippen LogP contribution >= 0.6 is 47.3 Å². The zero-order chi connectivity index (χ0) is 16.5. The third kappa shape index (κ3) is 8.43. The summed E-state index contributed by atoms with van der Waals surface area (Å²) in [7, 11) is 1.74. The molecular weight excluding hydrogens is 459 g/mol. The van der Waals surface area contributed by atoms with E-state index in [1.54, 1.807) is 18.8 Å². The first kappa shape index (κ1) is 21.4. The van der Waals surface area contributed by atoms with Crippen molar-refractivity contribution in [2.75, 3.05) is 32.4 Å². The van der Waals surface area contributed by atoms with Crippen molar-refractivity contribution in [3.63, 3.8) is 0 Å². The summed E-state index contributed by atoms with van der Waals surface area (Å²) in [6.45, 7) is 2.10. The molecule has 1 fully saturated rings. The van der Waals surface area contributed by atoms with Crippen LogP contribution in [0.4, 0.5) is 0 Å². The Morgan fingerprint density at radius 3 is 2.42 bits per heavy atom. The van der Waals surface area contributed by atoms with Gasteiger partial charge in [0.15, 0.2) is 5.96 Å². The molecule has 3 N–H and O–H groups in total. The second kappa shape index (κ2) is 11.8. The molecule has 2 rings (SSSR count). The quantitative estimate of drug-likeness (QED) is 0.175. The van der Waals surface area contributed by atoms with E-state index in [-0.39, 0.29) is 35.8 Å². The van der Waals surface area contributed by atoms with Crippen LogP contribution in [0.15, 0.2) is 34.2 Å². The number of hydrogen-bond acceptors (Lipinski definition) is 3. The van der Waals surface area contributed by atoms with Gasteiger partial charge in [-0.2, -0.15) is 0 Å². The van der Waals surface area contributed by atoms with Gasteiger partial charge in [0.25, 0.3) is 0 Å². The zero-order valence-electron chi connectivity index (χ0n) is 13.7. The van der Waals surface area contributed by atoms with Gasteiger partial charge in [0.05, 0.1) is 0 Å². The molecule has 1 saturated carbocycles. The molecule has 1 aromatic carbocycles. The van der Waals surface area contributed by atoms with E-state index in [0.717, 1.165) is 36.1 Å². The summed E-state index contributed by atoms with van der Waals surface area (Å²) in [5.74, 6) is 2.12. The highest BCUT2D eigenvalue weighted by atomic mass is 127. The second-order valence-electron chi connectivity index (χ2n) is 5.29. The number of carbonyl (C=O) groups is 1. The Hall–Kier alpha value is -0.670. The fraction of sp³-hybridized carbons (Fsp3) is 0.500. The fourth-order valence-electron chi connectivity index (χ4n) is 1.95. The first-order valence-corrected chi connectivity index (χ1v) is 9.16. The van der Waals surface area contributed by atoms with Gasteiger partial charge in [0.2, 0.25) is 5.91 Å². The van der Waals surface area contributed by atoms with Crippen LogP contribution in [-0.2, 0) is 4.79 Å². The third-order valence-electron chi connectivity index (χ3n) is 3.37. The minimum atomic E-state index is 0. The minimum Gasteiger partial charge on any atom is -0.356 e. The molecule has 1 aromatic rings. The number of hydrogen-bond donors (Lipinski definition) is 3. The molecule has 0 spiro atoms. The van der Waals surface area contributed by atoms with Crippen LogP contribution < -0.4 is 16.0 Å². The van der Waals surface area contributed by atoms with Crippen molar-refractivity contribution in [3.8, 4) is 0 Å². The maximum atomic E-state index is 11.5. The lowest BCUT2D eigenvalue weighted by molar-refractivity contribution is -0.122. The van der Waals surface area contributed by atoms with E-state index in [1.165, 1.54) is 4.90 Å². The average molecular weight is 483 g/mol. The standard InChI is InChI=1S/C16H23ClN4OS.HI/c1-18-16(20-9-8-19-15(22)12-2-3-12)21-10-11-23-14-6-4-13(17)5-7-14;/h4-7,12H,2-3,8-11H2,1H3,(H,19,22)(H2,18,20,21);1H. The number of carbonyl (C=O) groups excluding carboxylic acids is 1. The SMILES string of the molecule is CN=C(NCCNC(=O)C1CC1)NCCSc1ccc(Cl)cc1.I. The molecule has 8 heteroatoms. The molecule has 5 nitrogen and oxygen atoms in total. The highest BCUT2D eigenvalue weighted by Gasteiger charge is 2.28. The third-order valence-corrected chi connectivity index (χ3v) is 4.63. The summed E-state index contributed by atoms with van der Waals surface area (Å²) < 4.78 is 0. The summed E-state index contributed by atoms with van der Waals surface area (Å²) in [6, 6.07) is 7.83. The van der Waals surface area contributed by atoms with E-state index in [2.05, 4.69) is 20.9 Å². The Morgan fingerprint density at radius 1 is 1.17 bits per heavy atom. The van der Waals surface area contributed by atoms with E-state index in [1.807, 2.05) is 24.3 Å². The van der Waals surface area contributed by atoms with E-state index in [0.29, 0.717) is 13.1 Å². The molecule has 0 radical (unpaired) electrons. The van der Waals surface area contributed by atoms with Crippen molar-refractivity contribution in [2.45, 2.75) is 17.7 Å². The summed E-state index contributed by atoms with van der Waals surface area (Å²) in [5.41, 5.74) is 0. The molecule has 1 amide bonds. The molecule has 0 atom stereocenters. The number of benzene rings is 1. The second-order valence-corrected chi connectivity index (χ2v) is 6.90. The Labute approximate surface area is 169 Å². The first-order chi connectivity index (χ1) is 11.2. The maximum Gasteiger partial charge on any atom is 0.223 e. The van der Waals surface area contributed by atoms with Crippen molar-refractivity contribution in [1.82, 2.24) is 16.0 Å². The fourth-order valence-corrected chi connectivity index (χ4v) is 2.84. The molecule has 1 aliphatic carbocycles. The number of thioether (sulfide) groups is 1. The molecule has 0 aromatic heterocycles. The number of halogens is 2. The Balaban J connectivity index is 0.00000288. The van der Waals surface area contributed by atoms with E-state index >= 15 is 0 Å². The summed E-state index contributed by atoms with van der Waals surface area (Å²) in [5, 5.41) is 10.1. The molecule has 1 aliphatic rings. The van der Waals surface area contributed by atoms with Crippen LogP contribution in [0.2, 0.25) is 5.02 Å². The van der Waals surface area contributed by atoms with Gasteiger partial charge in [-0.3, -0.25) is 9.79 Å². The lowest BCUT2D eigenvalue weighted by atomic mass is 10.4. The Bertz CT molecular complexity index is 537. The van der Waals surface area contributed by atoms with Crippen LogP contribution in [0, 0.1) is 5.92 Å². The Kier molecular flexibility index (Phi) is 10.5. The smallest absolute Gasteiger partial charge is 0.223 e. The predicted molar refractivity (Wildman–Crippen MR) is 113 cm³/mol. The number of nitrogens with zero attached hydrogens (tertiary/aromatic N) is 1. The maximum absolute atomic E-state index is 11.5. The summed E-state index contributed by atoms with van der Waals surface area (Å²) >= 11 is 7.63. The monoisotopic (exact) mass is 482 g/mol.